The highest BCUT2D eigenvalue weighted by molar-refractivity contribution is 5.84. The molecule has 2 amide bonds. The van der Waals surface area contributed by atoms with E-state index in [-0.39, 0.29) is 6.42 Å². The van der Waals surface area contributed by atoms with Crippen LogP contribution in [0.2, 0.25) is 0 Å². The average molecular weight is 423 g/mol. The van der Waals surface area contributed by atoms with Crippen LogP contribution in [0.15, 0.2) is 30.3 Å². The van der Waals surface area contributed by atoms with Crippen molar-refractivity contribution in [1.29, 1.82) is 0 Å². The zero-order valence-corrected chi connectivity index (χ0v) is 16.4. The number of hydrogen-bond donors (Lipinski definition) is 3. The third-order valence-corrected chi connectivity index (χ3v) is 4.53. The van der Waals surface area contributed by atoms with Crippen LogP contribution in [0.4, 0.5) is 22.0 Å². The quantitative estimate of drug-likeness (QED) is 0.534. The van der Waals surface area contributed by atoms with Gasteiger partial charge in [-0.25, -0.2) is 0 Å². The fraction of sp³-hybridized carbons (Fsp3) is 0.579. The van der Waals surface area contributed by atoms with E-state index in [0.717, 1.165) is 12.5 Å². The lowest BCUT2D eigenvalue weighted by molar-refractivity contribution is -0.164. The molecule has 10 heteroatoms. The Balaban J connectivity index is 2.83. The summed E-state index contributed by atoms with van der Waals surface area (Å²) in [5, 5.41) is 3.62. The second-order valence-corrected chi connectivity index (χ2v) is 7.28. The van der Waals surface area contributed by atoms with Crippen LogP contribution in [0.25, 0.3) is 0 Å². The lowest BCUT2D eigenvalue weighted by Crippen LogP contribution is -2.57. The zero-order valence-electron chi connectivity index (χ0n) is 16.4. The van der Waals surface area contributed by atoms with Crippen LogP contribution in [0.5, 0.6) is 0 Å². The molecule has 0 saturated carbocycles. The summed E-state index contributed by atoms with van der Waals surface area (Å²) in [4.78, 5) is 24.0. The standard InChI is InChI=1S/C19H26F5N3O2/c1-11(2)15(12(3)19(23,24)17(29)26-10-18(20,21)22)27-16(28)14(25)9-13-7-5-4-6-8-13/h4-8,11-12,14-15H,9-10,25H2,1-3H3,(H,26,29)(H,27,28)/t12-,14+,15+/m1/s1. The molecule has 0 radical (unpaired) electrons. The highest BCUT2D eigenvalue weighted by Gasteiger charge is 2.50. The second-order valence-electron chi connectivity index (χ2n) is 7.28. The molecular weight excluding hydrogens is 397 g/mol. The molecule has 5 nitrogen and oxygen atoms in total. The maximum atomic E-state index is 14.4. The number of benzene rings is 1. The molecule has 1 rings (SSSR count). The van der Waals surface area contributed by atoms with Gasteiger partial charge in [-0.2, -0.15) is 22.0 Å². The van der Waals surface area contributed by atoms with Crippen LogP contribution >= 0.6 is 0 Å². The molecule has 0 spiro atoms. The minimum Gasteiger partial charge on any atom is -0.351 e. The first-order chi connectivity index (χ1) is 13.3. The molecule has 1 aromatic rings. The van der Waals surface area contributed by atoms with Gasteiger partial charge in [-0.3, -0.25) is 9.59 Å². The second kappa shape index (κ2) is 10.00. The van der Waals surface area contributed by atoms with E-state index in [9.17, 15) is 31.5 Å². The topological polar surface area (TPSA) is 84.2 Å². The van der Waals surface area contributed by atoms with E-state index in [2.05, 4.69) is 5.32 Å². The molecular formula is C19H26F5N3O2. The van der Waals surface area contributed by atoms with E-state index in [0.29, 0.717) is 0 Å². The molecule has 0 saturated heterocycles. The van der Waals surface area contributed by atoms with Crippen molar-refractivity contribution in [3.8, 4) is 0 Å². The van der Waals surface area contributed by atoms with Crippen LogP contribution in [0, 0.1) is 11.8 Å². The van der Waals surface area contributed by atoms with Crippen LogP contribution in [0.3, 0.4) is 0 Å². The van der Waals surface area contributed by atoms with E-state index >= 15 is 0 Å². The Bertz CT molecular complexity index is 680. The predicted molar refractivity (Wildman–Crippen MR) is 98.1 cm³/mol. The van der Waals surface area contributed by atoms with Crippen LogP contribution in [-0.4, -0.2) is 42.5 Å². The van der Waals surface area contributed by atoms with Gasteiger partial charge in [0, 0.05) is 12.0 Å². The molecule has 29 heavy (non-hydrogen) atoms. The van der Waals surface area contributed by atoms with Gasteiger partial charge in [-0.15, -0.1) is 0 Å². The van der Waals surface area contributed by atoms with Crippen molar-refractivity contribution in [2.75, 3.05) is 6.54 Å². The van der Waals surface area contributed by atoms with Crippen LogP contribution in [-0.2, 0) is 16.0 Å². The molecule has 0 aliphatic carbocycles. The average Bonchev–Trinajstić information content (AvgIpc) is 2.63. The van der Waals surface area contributed by atoms with Crippen molar-refractivity contribution in [3.05, 3.63) is 35.9 Å². The van der Waals surface area contributed by atoms with E-state index in [4.69, 9.17) is 5.73 Å². The number of nitrogens with one attached hydrogen (secondary N) is 2. The normalized spacial score (nSPS) is 15.5. The minimum atomic E-state index is -4.81. The smallest absolute Gasteiger partial charge is 0.351 e. The first kappa shape index (κ1) is 24.8. The number of hydrogen-bond acceptors (Lipinski definition) is 3. The number of rotatable bonds is 9. The van der Waals surface area contributed by atoms with E-state index in [1.165, 1.54) is 5.32 Å². The molecule has 3 atom stereocenters. The van der Waals surface area contributed by atoms with Gasteiger partial charge >= 0.3 is 12.1 Å². The van der Waals surface area contributed by atoms with Gasteiger partial charge in [0.05, 0.1) is 6.04 Å². The predicted octanol–water partition coefficient (Wildman–Crippen LogP) is 2.65. The molecule has 0 aliphatic rings. The SMILES string of the molecule is CC(C)[C@H](NC(=O)[C@@H](N)Cc1ccccc1)[C@@H](C)C(F)(F)C(=O)NCC(F)(F)F. The monoisotopic (exact) mass is 423 g/mol. The molecule has 164 valence electrons. The van der Waals surface area contributed by atoms with Gasteiger partial charge < -0.3 is 16.4 Å². The first-order valence-corrected chi connectivity index (χ1v) is 9.08. The van der Waals surface area contributed by atoms with Crippen molar-refractivity contribution in [3.63, 3.8) is 0 Å². The molecule has 0 aliphatic heterocycles. The molecule has 0 bridgehead atoms. The Hall–Kier alpha value is -2.23. The maximum Gasteiger partial charge on any atom is 0.405 e. The summed E-state index contributed by atoms with van der Waals surface area (Å²) < 4.78 is 65.5. The van der Waals surface area contributed by atoms with Crippen molar-refractivity contribution in [2.45, 2.75) is 51.4 Å². The molecule has 4 N–H and O–H groups in total. The molecule has 0 aromatic heterocycles. The Morgan fingerprint density at radius 1 is 1.03 bits per heavy atom. The third kappa shape index (κ3) is 7.60. The third-order valence-electron chi connectivity index (χ3n) is 4.53. The number of amides is 2. The Morgan fingerprint density at radius 3 is 2.07 bits per heavy atom. The maximum absolute atomic E-state index is 14.4. The Labute approximate surface area is 166 Å². The zero-order chi connectivity index (χ0) is 22.4. The number of alkyl halides is 5. The fourth-order valence-electron chi connectivity index (χ4n) is 2.83. The largest absolute Gasteiger partial charge is 0.405 e. The number of carbonyl (C=O) groups is 2. The summed E-state index contributed by atoms with van der Waals surface area (Å²) >= 11 is 0. The molecule has 0 heterocycles. The van der Waals surface area contributed by atoms with E-state index < -0.39 is 54.4 Å². The minimum absolute atomic E-state index is 0.175. The molecule has 0 fully saturated rings. The van der Waals surface area contributed by atoms with Crippen molar-refractivity contribution in [2.24, 2.45) is 17.6 Å². The van der Waals surface area contributed by atoms with Crippen molar-refractivity contribution < 1.29 is 31.5 Å². The summed E-state index contributed by atoms with van der Waals surface area (Å²) in [6.07, 6.45) is -4.64. The molecule has 1 aromatic carbocycles. The van der Waals surface area contributed by atoms with Gasteiger partial charge in [0.2, 0.25) is 5.91 Å². The van der Waals surface area contributed by atoms with Gasteiger partial charge in [-0.1, -0.05) is 51.1 Å². The fourth-order valence-corrected chi connectivity index (χ4v) is 2.83. The lowest BCUT2D eigenvalue weighted by Gasteiger charge is -2.33. The number of halogens is 5. The van der Waals surface area contributed by atoms with Gasteiger partial charge in [-0.05, 0) is 17.9 Å². The van der Waals surface area contributed by atoms with E-state index in [1.54, 1.807) is 44.2 Å². The van der Waals surface area contributed by atoms with Gasteiger partial charge in [0.1, 0.15) is 6.54 Å². The highest BCUT2D eigenvalue weighted by Crippen LogP contribution is 2.31. The summed E-state index contributed by atoms with van der Waals surface area (Å²) in [5.41, 5.74) is 6.64. The number of carbonyl (C=O) groups excluding carboxylic acids is 2. The van der Waals surface area contributed by atoms with Crippen molar-refractivity contribution in [1.82, 2.24) is 10.6 Å². The van der Waals surface area contributed by atoms with E-state index in [1.807, 2.05) is 0 Å². The Morgan fingerprint density at radius 2 is 1.59 bits per heavy atom. The first-order valence-electron chi connectivity index (χ1n) is 9.08. The highest BCUT2D eigenvalue weighted by atomic mass is 19.4. The Kier molecular flexibility index (Phi) is 8.55. The van der Waals surface area contributed by atoms with Crippen molar-refractivity contribution >= 4 is 11.8 Å². The summed E-state index contributed by atoms with van der Waals surface area (Å²) in [7, 11) is 0. The summed E-state index contributed by atoms with van der Waals surface area (Å²) in [6.45, 7) is 2.23. The lowest BCUT2D eigenvalue weighted by atomic mass is 9.86. The summed E-state index contributed by atoms with van der Waals surface area (Å²) in [6, 6.07) is 6.63. The van der Waals surface area contributed by atoms with Gasteiger partial charge in [0.15, 0.2) is 0 Å². The number of nitrogens with two attached hydrogens (primary N) is 1. The molecule has 0 unspecified atom stereocenters. The summed E-state index contributed by atoms with van der Waals surface area (Å²) in [5.74, 6) is -9.15. The van der Waals surface area contributed by atoms with Crippen LogP contribution in [0.1, 0.15) is 26.3 Å². The van der Waals surface area contributed by atoms with Crippen LogP contribution < -0.4 is 16.4 Å². The van der Waals surface area contributed by atoms with Gasteiger partial charge in [0.25, 0.3) is 5.91 Å².